The summed E-state index contributed by atoms with van der Waals surface area (Å²) in [5, 5.41) is 0. The van der Waals surface area contributed by atoms with Crippen LogP contribution in [0.3, 0.4) is 0 Å². The van der Waals surface area contributed by atoms with Crippen molar-refractivity contribution >= 4 is 13.4 Å². The lowest BCUT2D eigenvalue weighted by molar-refractivity contribution is 0.0984. The number of carbonyl (C=O) groups is 1. The summed E-state index contributed by atoms with van der Waals surface area (Å²) in [5.41, 5.74) is 1.87. The average Bonchev–Trinajstić information content (AvgIpc) is 2.46. The molecule has 0 bridgehead atoms. The van der Waals surface area contributed by atoms with Gasteiger partial charge in [-0.25, -0.2) is 0 Å². The second-order valence-corrected chi connectivity index (χ2v) is 6.98. The summed E-state index contributed by atoms with van der Waals surface area (Å²) >= 11 is 0. The van der Waals surface area contributed by atoms with Gasteiger partial charge in [-0.1, -0.05) is 37.6 Å². The normalized spacial score (nSPS) is 11.6. The van der Waals surface area contributed by atoms with Crippen molar-refractivity contribution in [1.29, 1.82) is 0 Å². The molecule has 118 valence electrons. The van der Waals surface area contributed by atoms with Gasteiger partial charge in [0.05, 0.1) is 19.4 Å². The maximum atomic E-state index is 12.3. The SMILES string of the molecule is CCCc1ccc(C(=O)CCP(=O)(OCC)OCC)cc1. The van der Waals surface area contributed by atoms with Crippen LogP contribution in [0, 0.1) is 0 Å². The standard InChI is InChI=1S/C16H25O4P/c1-4-7-14-8-10-15(11-9-14)16(17)12-13-21(18,19-5-2)20-6-3/h8-11H,4-7,12-13H2,1-3H3. The monoisotopic (exact) mass is 312 g/mol. The van der Waals surface area contributed by atoms with Crippen LogP contribution in [-0.2, 0) is 20.0 Å². The lowest BCUT2D eigenvalue weighted by Crippen LogP contribution is -2.06. The molecule has 0 fully saturated rings. The smallest absolute Gasteiger partial charge is 0.309 e. The maximum absolute atomic E-state index is 12.3. The van der Waals surface area contributed by atoms with Crippen LogP contribution >= 0.6 is 7.60 Å². The Morgan fingerprint density at radius 2 is 1.62 bits per heavy atom. The van der Waals surface area contributed by atoms with Gasteiger partial charge in [0.2, 0.25) is 0 Å². The highest BCUT2D eigenvalue weighted by Crippen LogP contribution is 2.48. The van der Waals surface area contributed by atoms with Gasteiger partial charge in [-0.05, 0) is 25.8 Å². The predicted molar refractivity (Wildman–Crippen MR) is 85.1 cm³/mol. The topological polar surface area (TPSA) is 52.6 Å². The molecular weight excluding hydrogens is 287 g/mol. The Balaban J connectivity index is 2.61. The number of ketones is 1. The van der Waals surface area contributed by atoms with Crippen molar-refractivity contribution in [2.24, 2.45) is 0 Å². The summed E-state index contributed by atoms with van der Waals surface area (Å²) in [4.78, 5) is 12.1. The van der Waals surface area contributed by atoms with Crippen LogP contribution in [0.25, 0.3) is 0 Å². The van der Waals surface area contributed by atoms with Crippen LogP contribution in [-0.4, -0.2) is 25.2 Å². The third-order valence-electron chi connectivity index (χ3n) is 3.08. The first-order valence-corrected chi connectivity index (χ1v) is 9.27. The van der Waals surface area contributed by atoms with Gasteiger partial charge in [0, 0.05) is 12.0 Å². The van der Waals surface area contributed by atoms with Crippen molar-refractivity contribution < 1.29 is 18.4 Å². The van der Waals surface area contributed by atoms with E-state index in [1.807, 2.05) is 24.3 Å². The van der Waals surface area contributed by atoms with E-state index in [4.69, 9.17) is 9.05 Å². The van der Waals surface area contributed by atoms with Crippen LogP contribution in [0.2, 0.25) is 0 Å². The van der Waals surface area contributed by atoms with Crippen molar-refractivity contribution in [2.45, 2.75) is 40.0 Å². The molecule has 0 saturated heterocycles. The van der Waals surface area contributed by atoms with Gasteiger partial charge in [0.1, 0.15) is 0 Å². The van der Waals surface area contributed by atoms with Crippen LogP contribution in [0.4, 0.5) is 0 Å². The highest BCUT2D eigenvalue weighted by molar-refractivity contribution is 7.53. The molecule has 0 unspecified atom stereocenters. The Bertz CT molecular complexity index is 472. The fourth-order valence-electron chi connectivity index (χ4n) is 2.09. The minimum absolute atomic E-state index is 0.0299. The van der Waals surface area contributed by atoms with Crippen molar-refractivity contribution in [3.8, 4) is 0 Å². The second kappa shape index (κ2) is 9.14. The molecule has 0 aliphatic heterocycles. The van der Waals surface area contributed by atoms with Crippen molar-refractivity contribution in [1.82, 2.24) is 0 Å². The number of carbonyl (C=O) groups excluding carboxylic acids is 1. The van der Waals surface area contributed by atoms with Crippen LogP contribution in [0.15, 0.2) is 24.3 Å². The van der Waals surface area contributed by atoms with E-state index in [-0.39, 0.29) is 18.4 Å². The Hall–Kier alpha value is -0.960. The average molecular weight is 312 g/mol. The van der Waals surface area contributed by atoms with Gasteiger partial charge in [0.25, 0.3) is 0 Å². The first-order valence-electron chi connectivity index (χ1n) is 7.55. The van der Waals surface area contributed by atoms with E-state index in [2.05, 4.69) is 6.92 Å². The maximum Gasteiger partial charge on any atom is 0.331 e. The van der Waals surface area contributed by atoms with Gasteiger partial charge < -0.3 is 9.05 Å². The number of hydrogen-bond donors (Lipinski definition) is 0. The molecule has 0 N–H and O–H groups in total. The lowest BCUT2D eigenvalue weighted by Gasteiger charge is -2.16. The summed E-state index contributed by atoms with van der Waals surface area (Å²) in [6.45, 7) is 6.28. The third-order valence-corrected chi connectivity index (χ3v) is 5.15. The number of aryl methyl sites for hydroxylation is 1. The first kappa shape index (κ1) is 18.1. The minimum atomic E-state index is -3.13. The molecule has 5 heteroatoms. The predicted octanol–water partition coefficient (Wildman–Crippen LogP) is 4.48. The Labute approximate surface area is 127 Å². The van der Waals surface area contributed by atoms with E-state index in [0.29, 0.717) is 18.8 Å². The molecule has 0 aliphatic rings. The van der Waals surface area contributed by atoms with Crippen molar-refractivity contribution in [3.63, 3.8) is 0 Å². The zero-order valence-electron chi connectivity index (χ0n) is 13.1. The minimum Gasteiger partial charge on any atom is -0.309 e. The van der Waals surface area contributed by atoms with Gasteiger partial charge in [-0.15, -0.1) is 0 Å². The molecule has 1 aromatic rings. The zero-order valence-corrected chi connectivity index (χ0v) is 14.0. The number of benzene rings is 1. The number of hydrogen-bond acceptors (Lipinski definition) is 4. The van der Waals surface area contributed by atoms with Gasteiger partial charge in [0.15, 0.2) is 5.78 Å². The summed E-state index contributed by atoms with van der Waals surface area (Å²) in [6.07, 6.45) is 2.40. The molecule has 1 aromatic carbocycles. The molecule has 0 heterocycles. The van der Waals surface area contributed by atoms with E-state index in [1.165, 1.54) is 5.56 Å². The van der Waals surface area contributed by atoms with E-state index >= 15 is 0 Å². The van der Waals surface area contributed by atoms with Crippen molar-refractivity contribution in [2.75, 3.05) is 19.4 Å². The number of rotatable bonds is 10. The molecule has 0 aliphatic carbocycles. The van der Waals surface area contributed by atoms with E-state index in [9.17, 15) is 9.36 Å². The van der Waals surface area contributed by atoms with Gasteiger partial charge in [-0.3, -0.25) is 9.36 Å². The lowest BCUT2D eigenvalue weighted by atomic mass is 10.0. The van der Waals surface area contributed by atoms with E-state index < -0.39 is 7.60 Å². The highest BCUT2D eigenvalue weighted by Gasteiger charge is 2.24. The molecule has 0 spiro atoms. The van der Waals surface area contributed by atoms with Crippen LogP contribution in [0.1, 0.15) is 49.5 Å². The molecule has 4 nitrogen and oxygen atoms in total. The van der Waals surface area contributed by atoms with Crippen molar-refractivity contribution in [3.05, 3.63) is 35.4 Å². The molecule has 0 amide bonds. The van der Waals surface area contributed by atoms with E-state index in [0.717, 1.165) is 12.8 Å². The Kier molecular flexibility index (Phi) is 7.87. The Morgan fingerprint density at radius 3 is 2.10 bits per heavy atom. The highest BCUT2D eigenvalue weighted by atomic mass is 31.2. The number of Topliss-reactive ketones (excluding diaryl/α,β-unsaturated/α-hetero) is 1. The zero-order chi connectivity index (χ0) is 15.7. The molecule has 0 saturated carbocycles. The molecule has 0 aromatic heterocycles. The van der Waals surface area contributed by atoms with Gasteiger partial charge in [-0.2, -0.15) is 0 Å². The molecule has 0 atom stereocenters. The summed E-state index contributed by atoms with van der Waals surface area (Å²) in [6, 6.07) is 7.61. The quantitative estimate of drug-likeness (QED) is 0.472. The molecular formula is C16H25O4P. The third kappa shape index (κ3) is 6.13. The fourth-order valence-corrected chi connectivity index (χ4v) is 3.69. The van der Waals surface area contributed by atoms with E-state index in [1.54, 1.807) is 13.8 Å². The fraction of sp³-hybridized carbons (Fsp3) is 0.562. The summed E-state index contributed by atoms with van der Waals surface area (Å²) in [7, 11) is -3.13. The van der Waals surface area contributed by atoms with Crippen LogP contribution in [0.5, 0.6) is 0 Å². The molecule has 21 heavy (non-hydrogen) atoms. The molecule has 0 radical (unpaired) electrons. The summed E-state index contributed by atoms with van der Waals surface area (Å²) < 4.78 is 22.7. The van der Waals surface area contributed by atoms with Gasteiger partial charge >= 0.3 is 7.60 Å². The first-order chi connectivity index (χ1) is 10.0. The summed E-state index contributed by atoms with van der Waals surface area (Å²) in [5.74, 6) is -0.0299. The molecule has 1 rings (SSSR count). The second-order valence-electron chi connectivity index (χ2n) is 4.79. The Morgan fingerprint density at radius 1 is 1.05 bits per heavy atom. The largest absolute Gasteiger partial charge is 0.331 e. The van der Waals surface area contributed by atoms with Crippen LogP contribution < -0.4 is 0 Å².